The Morgan fingerprint density at radius 1 is 1.20 bits per heavy atom. The number of aliphatic hydroxyl groups excluding tert-OH is 1. The van der Waals surface area contributed by atoms with Gasteiger partial charge in [-0.1, -0.05) is 55.9 Å². The van der Waals surface area contributed by atoms with Crippen LogP contribution in [0.25, 0.3) is 11.2 Å². The molecule has 3 heterocycles. The first-order chi connectivity index (χ1) is 23.2. The van der Waals surface area contributed by atoms with Gasteiger partial charge in [0.1, 0.15) is 17.1 Å². The van der Waals surface area contributed by atoms with Gasteiger partial charge in [0.15, 0.2) is 22.5 Å². The van der Waals surface area contributed by atoms with E-state index in [-0.39, 0.29) is 61.3 Å². The zero-order chi connectivity index (χ0) is 35.8. The quantitative estimate of drug-likeness (QED) is 0.0874. The number of carbonyl (C=O) groups is 2. The highest BCUT2D eigenvalue weighted by molar-refractivity contribution is 8.13. The van der Waals surface area contributed by atoms with Crippen molar-refractivity contribution in [3.05, 3.63) is 42.2 Å². The summed E-state index contributed by atoms with van der Waals surface area (Å²) < 4.78 is 43.6. The van der Waals surface area contributed by atoms with Crippen molar-refractivity contribution in [1.82, 2.24) is 29.9 Å². The van der Waals surface area contributed by atoms with E-state index < -0.39 is 42.6 Å². The van der Waals surface area contributed by atoms with E-state index in [1.54, 1.807) is 34.6 Å². The van der Waals surface area contributed by atoms with Gasteiger partial charge >= 0.3 is 13.8 Å². The summed E-state index contributed by atoms with van der Waals surface area (Å²) in [7, 11) is -4.03. The molecule has 1 amide bonds. The molecule has 2 aromatic heterocycles. The standard InChI is InChI=1S/C30H43ClN7O9PS/c1-6-43-24-21-23(36-27(32)37-24)38(18-34-21)25-30(5,31)22(39)20(47-25)16-46-48(42,35-15-19-11-9-8-10-12-19)45-13-14-49-26(40)29(3,4)17-33-28(41)44-7-2/h8-12,18,20,22,25,39H,6-7,13-17H2,1-5H3,(H,33,41)(H,35,42)(H2,32,36,37)/t20-,22-,25-,30-,48-/m1/s1. The molecule has 0 spiro atoms. The van der Waals surface area contributed by atoms with Crippen LogP contribution >= 0.6 is 31.1 Å². The van der Waals surface area contributed by atoms with Crippen molar-refractivity contribution < 1.29 is 42.5 Å². The van der Waals surface area contributed by atoms with Crippen molar-refractivity contribution in [3.8, 4) is 5.88 Å². The number of carbonyl (C=O) groups excluding carboxylic acids is 2. The molecule has 270 valence electrons. The SMILES string of the molecule is CCOC(=O)NCC(C)(C)C(=O)SCCO[P@](=O)(NCc1ccccc1)OC[C@H]1O[C@@H](n2cnc3c(OCC)nc(N)nc32)[C@](C)(Cl)[C@@H]1O. The molecule has 16 nitrogen and oxygen atoms in total. The maximum Gasteiger partial charge on any atom is 0.407 e. The number of rotatable bonds is 17. The van der Waals surface area contributed by atoms with E-state index in [0.717, 1.165) is 17.3 Å². The molecule has 3 aromatic rings. The van der Waals surface area contributed by atoms with Crippen molar-refractivity contribution in [2.45, 2.75) is 64.5 Å². The summed E-state index contributed by atoms with van der Waals surface area (Å²) in [6, 6.07) is 9.21. The normalized spacial score (nSPS) is 22.1. The highest BCUT2D eigenvalue weighted by Gasteiger charge is 2.54. The zero-order valence-corrected chi connectivity index (χ0v) is 30.4. The van der Waals surface area contributed by atoms with Gasteiger partial charge in [0.05, 0.1) is 38.2 Å². The number of halogens is 1. The summed E-state index contributed by atoms with van der Waals surface area (Å²) in [6.45, 7) is 8.73. The first-order valence-electron chi connectivity index (χ1n) is 15.6. The minimum Gasteiger partial charge on any atom is -0.476 e. The smallest absolute Gasteiger partial charge is 0.407 e. The lowest BCUT2D eigenvalue weighted by atomic mass is 9.96. The number of hydrogen-bond donors (Lipinski definition) is 4. The van der Waals surface area contributed by atoms with Crippen molar-refractivity contribution >= 4 is 59.4 Å². The number of nitrogens with two attached hydrogens (primary N) is 1. The van der Waals surface area contributed by atoms with Crippen LogP contribution in [-0.4, -0.2) is 91.6 Å². The number of aliphatic hydroxyl groups is 1. The Labute approximate surface area is 293 Å². The number of ether oxygens (including phenoxy) is 3. The number of nitrogen functional groups attached to an aromatic ring is 1. The van der Waals surface area contributed by atoms with Crippen LogP contribution in [0.2, 0.25) is 0 Å². The van der Waals surface area contributed by atoms with Crippen molar-refractivity contribution in [2.75, 3.05) is 44.5 Å². The topological polar surface area (TPSA) is 211 Å². The number of anilines is 1. The number of nitrogens with one attached hydrogen (secondary N) is 2. The van der Waals surface area contributed by atoms with Gasteiger partial charge in [-0.25, -0.2) is 19.4 Å². The number of fused-ring (bicyclic) bond motifs is 1. The number of alkyl halides is 1. The molecule has 5 N–H and O–H groups in total. The van der Waals surface area contributed by atoms with Crippen LogP contribution in [0, 0.1) is 5.41 Å². The van der Waals surface area contributed by atoms with Gasteiger partial charge in [-0.3, -0.25) is 18.4 Å². The highest BCUT2D eigenvalue weighted by Crippen LogP contribution is 2.48. The van der Waals surface area contributed by atoms with Gasteiger partial charge in [-0.05, 0) is 26.3 Å². The number of thioether (sulfide) groups is 1. The summed E-state index contributed by atoms with van der Waals surface area (Å²) in [4.78, 5) is 35.9. The Morgan fingerprint density at radius 3 is 2.63 bits per heavy atom. The summed E-state index contributed by atoms with van der Waals surface area (Å²) in [6.07, 6.45) is -2.50. The van der Waals surface area contributed by atoms with Gasteiger partial charge in [-0.2, -0.15) is 9.97 Å². The van der Waals surface area contributed by atoms with Crippen LogP contribution in [-0.2, 0) is 34.4 Å². The van der Waals surface area contributed by atoms with E-state index in [0.29, 0.717) is 12.1 Å². The van der Waals surface area contributed by atoms with E-state index in [1.807, 2.05) is 30.3 Å². The second-order valence-corrected chi connectivity index (χ2v) is 15.5. The molecule has 0 radical (unpaired) electrons. The average molecular weight is 744 g/mol. The van der Waals surface area contributed by atoms with Crippen molar-refractivity contribution in [2.24, 2.45) is 5.41 Å². The molecule has 0 bridgehead atoms. The highest BCUT2D eigenvalue weighted by atomic mass is 35.5. The number of aromatic nitrogens is 4. The zero-order valence-electron chi connectivity index (χ0n) is 28.0. The molecule has 1 aliphatic heterocycles. The second-order valence-electron chi connectivity index (χ2n) is 11.8. The van der Waals surface area contributed by atoms with E-state index in [9.17, 15) is 19.3 Å². The van der Waals surface area contributed by atoms with Gasteiger partial charge in [-0.15, -0.1) is 11.6 Å². The molecule has 19 heteroatoms. The fourth-order valence-electron chi connectivity index (χ4n) is 4.78. The summed E-state index contributed by atoms with van der Waals surface area (Å²) in [5, 5.41) is 16.4. The van der Waals surface area contributed by atoms with Crippen LogP contribution in [0.3, 0.4) is 0 Å². The Balaban J connectivity index is 1.42. The predicted octanol–water partition coefficient (Wildman–Crippen LogP) is 4.03. The average Bonchev–Trinajstić information content (AvgIpc) is 3.58. The first-order valence-corrected chi connectivity index (χ1v) is 18.5. The minimum atomic E-state index is -4.03. The molecule has 0 aliphatic carbocycles. The van der Waals surface area contributed by atoms with Gasteiger partial charge in [0, 0.05) is 18.8 Å². The molecule has 1 aromatic carbocycles. The largest absolute Gasteiger partial charge is 0.476 e. The fraction of sp³-hybridized carbons (Fsp3) is 0.567. The lowest BCUT2D eigenvalue weighted by Gasteiger charge is -2.26. The Hall–Kier alpha value is -3.02. The number of nitrogens with zero attached hydrogens (tertiary/aromatic N) is 4. The van der Waals surface area contributed by atoms with E-state index in [2.05, 4.69) is 25.4 Å². The summed E-state index contributed by atoms with van der Waals surface area (Å²) >= 11 is 7.83. The Morgan fingerprint density at radius 2 is 1.94 bits per heavy atom. The van der Waals surface area contributed by atoms with Gasteiger partial charge in [0.25, 0.3) is 0 Å². The van der Waals surface area contributed by atoms with Crippen molar-refractivity contribution in [3.63, 3.8) is 0 Å². The molecule has 0 saturated carbocycles. The van der Waals surface area contributed by atoms with Gasteiger partial charge in [0.2, 0.25) is 11.8 Å². The summed E-state index contributed by atoms with van der Waals surface area (Å²) in [5.74, 6) is 0.291. The molecular weight excluding hydrogens is 701 g/mol. The molecular formula is C30H43ClN7O9PS. The molecule has 5 atom stereocenters. The molecule has 1 saturated heterocycles. The third-order valence-electron chi connectivity index (χ3n) is 7.47. The predicted molar refractivity (Wildman–Crippen MR) is 184 cm³/mol. The monoisotopic (exact) mass is 743 g/mol. The maximum atomic E-state index is 14.0. The first kappa shape index (κ1) is 38.8. The van der Waals surface area contributed by atoms with Crippen molar-refractivity contribution in [1.29, 1.82) is 0 Å². The van der Waals surface area contributed by atoms with Crippen LogP contribution in [0.1, 0.15) is 46.4 Å². The van der Waals surface area contributed by atoms with E-state index in [1.165, 1.54) is 10.9 Å². The van der Waals surface area contributed by atoms with Gasteiger partial charge < -0.3 is 30.4 Å². The number of amides is 1. The fourth-order valence-corrected chi connectivity index (χ4v) is 7.33. The Bertz CT molecular complexity index is 1630. The number of alkyl carbamates (subject to hydrolysis) is 1. The molecule has 1 fully saturated rings. The third-order valence-corrected chi connectivity index (χ3v) is 10.6. The molecule has 0 unspecified atom stereocenters. The number of hydrogen-bond acceptors (Lipinski definition) is 14. The number of benzene rings is 1. The van der Waals surface area contributed by atoms with Crippen LogP contribution in [0.15, 0.2) is 36.7 Å². The summed E-state index contributed by atoms with van der Waals surface area (Å²) in [5.41, 5.74) is 6.45. The lowest BCUT2D eigenvalue weighted by Crippen LogP contribution is -2.40. The third kappa shape index (κ3) is 9.82. The van der Waals surface area contributed by atoms with Crippen LogP contribution < -0.4 is 20.9 Å². The molecule has 1 aliphatic rings. The lowest BCUT2D eigenvalue weighted by molar-refractivity contribution is -0.117. The Kier molecular flexibility index (Phi) is 13.3. The van der Waals surface area contributed by atoms with E-state index in [4.69, 9.17) is 40.6 Å². The second kappa shape index (κ2) is 16.8. The van der Waals surface area contributed by atoms with E-state index >= 15 is 0 Å². The number of imidazole rings is 1. The van der Waals surface area contributed by atoms with Crippen LogP contribution in [0.4, 0.5) is 10.7 Å². The molecule has 49 heavy (non-hydrogen) atoms. The van der Waals surface area contributed by atoms with Crippen LogP contribution in [0.5, 0.6) is 5.88 Å². The molecule has 4 rings (SSSR count). The minimum absolute atomic E-state index is 0.0493. The maximum absolute atomic E-state index is 14.0.